The maximum absolute atomic E-state index is 14.1. The van der Waals surface area contributed by atoms with Crippen molar-refractivity contribution in [1.29, 1.82) is 0 Å². The third kappa shape index (κ3) is 8.68. The van der Waals surface area contributed by atoms with Crippen molar-refractivity contribution in [3.8, 4) is 0 Å². The van der Waals surface area contributed by atoms with E-state index in [1.807, 2.05) is 40.7 Å². The second-order valence-electron chi connectivity index (χ2n) is 13.8. The molecule has 0 aromatic carbocycles. The van der Waals surface area contributed by atoms with Gasteiger partial charge in [0, 0.05) is 38.8 Å². The number of carbonyl (C=O) groups is 4. The quantitative estimate of drug-likeness (QED) is 0.293. The Morgan fingerprint density at radius 1 is 0.976 bits per heavy atom. The van der Waals surface area contributed by atoms with Gasteiger partial charge in [0.15, 0.2) is 0 Å². The first-order valence-electron chi connectivity index (χ1n) is 15.7. The molecule has 4 amide bonds. The fourth-order valence-electron chi connectivity index (χ4n) is 6.20. The lowest BCUT2D eigenvalue weighted by Gasteiger charge is -2.41. The number of nitrogens with zero attached hydrogens (tertiary/aromatic N) is 4. The van der Waals surface area contributed by atoms with Gasteiger partial charge in [-0.2, -0.15) is 0 Å². The van der Waals surface area contributed by atoms with E-state index in [0.717, 1.165) is 32.2 Å². The van der Waals surface area contributed by atoms with Crippen LogP contribution in [-0.4, -0.2) is 107 Å². The van der Waals surface area contributed by atoms with Crippen LogP contribution in [0.1, 0.15) is 87.5 Å². The molecule has 0 radical (unpaired) electrons. The fraction of sp³-hybridized carbons (Fsp3) is 0.758. The number of hydrogen-bond donors (Lipinski definition) is 1. The highest BCUT2D eigenvalue weighted by molar-refractivity contribution is 5.97. The SMILES string of the molecule is C=CCN(C)C(=O)C1CCCN1C(=O)/C(C)=C/[C@H](C(C)C)N(C)C(=O)C(NC(=O)[C@H]1CCCCN1C(C)C)C(C)(C)C. The Labute approximate surface area is 254 Å². The number of nitrogens with one attached hydrogen (secondary N) is 1. The van der Waals surface area contributed by atoms with Crippen molar-refractivity contribution in [3.63, 3.8) is 0 Å². The summed E-state index contributed by atoms with van der Waals surface area (Å²) >= 11 is 0. The lowest BCUT2D eigenvalue weighted by Crippen LogP contribution is -2.60. The number of piperidine rings is 1. The van der Waals surface area contributed by atoms with Crippen molar-refractivity contribution in [2.45, 2.75) is 118 Å². The smallest absolute Gasteiger partial charge is 0.249 e. The van der Waals surface area contributed by atoms with E-state index in [-0.39, 0.29) is 47.7 Å². The van der Waals surface area contributed by atoms with Crippen LogP contribution in [0.4, 0.5) is 0 Å². The molecule has 2 aliphatic heterocycles. The lowest BCUT2D eigenvalue weighted by atomic mass is 9.84. The minimum atomic E-state index is -0.724. The zero-order valence-electron chi connectivity index (χ0n) is 27.9. The Morgan fingerprint density at radius 3 is 2.14 bits per heavy atom. The van der Waals surface area contributed by atoms with Gasteiger partial charge in [-0.05, 0) is 64.3 Å². The standard InChI is InChI=1S/C33H57N5O4/c1-12-18-35(10)31(41)26-17-15-20-38(26)30(40)24(6)21-27(22(2)3)36(11)32(42)28(33(7,8)9)34-29(39)25-16-13-14-19-37(25)23(4)5/h12,21-23,25-28H,1,13-20H2,2-11H3,(H,34,39)/b24-21+/t25-,26?,27-,28?/m1/s1. The fourth-order valence-corrected chi connectivity index (χ4v) is 6.20. The molecular formula is C33H57N5O4. The van der Waals surface area contributed by atoms with Gasteiger partial charge in [0.25, 0.3) is 0 Å². The first-order valence-corrected chi connectivity index (χ1v) is 15.7. The van der Waals surface area contributed by atoms with Gasteiger partial charge in [-0.15, -0.1) is 6.58 Å². The van der Waals surface area contributed by atoms with Gasteiger partial charge in [-0.25, -0.2) is 0 Å². The molecule has 9 nitrogen and oxygen atoms in total. The lowest BCUT2D eigenvalue weighted by molar-refractivity contribution is -0.142. The van der Waals surface area contributed by atoms with Gasteiger partial charge in [-0.3, -0.25) is 24.1 Å². The van der Waals surface area contributed by atoms with E-state index in [1.54, 1.807) is 41.8 Å². The molecule has 4 atom stereocenters. The van der Waals surface area contributed by atoms with Crippen LogP contribution in [0.2, 0.25) is 0 Å². The molecule has 238 valence electrons. The maximum Gasteiger partial charge on any atom is 0.249 e. The normalized spacial score (nSPS) is 21.7. The summed E-state index contributed by atoms with van der Waals surface area (Å²) in [4.78, 5) is 61.4. The van der Waals surface area contributed by atoms with Crippen LogP contribution >= 0.6 is 0 Å². The molecule has 2 rings (SSSR count). The molecule has 2 saturated heterocycles. The third-order valence-corrected chi connectivity index (χ3v) is 8.72. The summed E-state index contributed by atoms with van der Waals surface area (Å²) in [6, 6.07) is -1.59. The van der Waals surface area contributed by atoms with Gasteiger partial charge in [-0.1, -0.05) is 53.2 Å². The Morgan fingerprint density at radius 2 is 1.60 bits per heavy atom. The van der Waals surface area contributed by atoms with Crippen LogP contribution in [0.25, 0.3) is 0 Å². The summed E-state index contributed by atoms with van der Waals surface area (Å²) in [5, 5.41) is 3.13. The second kappa shape index (κ2) is 15.2. The van der Waals surface area contributed by atoms with Gasteiger partial charge in [0.1, 0.15) is 12.1 Å². The molecule has 2 fully saturated rings. The first-order chi connectivity index (χ1) is 19.5. The average Bonchev–Trinajstić information content (AvgIpc) is 3.41. The highest BCUT2D eigenvalue weighted by Crippen LogP contribution is 2.27. The van der Waals surface area contributed by atoms with Crippen molar-refractivity contribution >= 4 is 23.6 Å². The van der Waals surface area contributed by atoms with Gasteiger partial charge >= 0.3 is 0 Å². The monoisotopic (exact) mass is 587 g/mol. The van der Waals surface area contributed by atoms with Crippen LogP contribution in [0.15, 0.2) is 24.3 Å². The zero-order chi connectivity index (χ0) is 31.9. The Bertz CT molecular complexity index is 1010. The van der Waals surface area contributed by atoms with Gasteiger partial charge in [0.05, 0.1) is 12.1 Å². The molecule has 0 saturated carbocycles. The van der Waals surface area contributed by atoms with Crippen LogP contribution < -0.4 is 5.32 Å². The topological polar surface area (TPSA) is 93.3 Å². The Hall–Kier alpha value is -2.68. The molecule has 2 unspecified atom stereocenters. The van der Waals surface area contributed by atoms with Gasteiger partial charge in [0.2, 0.25) is 23.6 Å². The van der Waals surface area contributed by atoms with Crippen LogP contribution in [0.3, 0.4) is 0 Å². The summed E-state index contributed by atoms with van der Waals surface area (Å²) in [5.74, 6) is -0.532. The minimum Gasteiger partial charge on any atom is -0.342 e. The number of likely N-dealkylation sites (N-methyl/N-ethyl adjacent to an activating group) is 2. The van der Waals surface area contributed by atoms with Crippen molar-refractivity contribution in [1.82, 2.24) is 24.9 Å². The molecule has 2 heterocycles. The van der Waals surface area contributed by atoms with Gasteiger partial charge < -0.3 is 20.0 Å². The summed E-state index contributed by atoms with van der Waals surface area (Å²) in [6.45, 7) is 21.4. The Balaban J connectivity index is 2.27. The average molecular weight is 588 g/mol. The molecule has 0 spiro atoms. The highest BCUT2D eigenvalue weighted by Gasteiger charge is 2.40. The largest absolute Gasteiger partial charge is 0.342 e. The molecule has 0 bridgehead atoms. The van der Waals surface area contributed by atoms with E-state index in [1.165, 1.54) is 0 Å². The van der Waals surface area contributed by atoms with Crippen LogP contribution in [0.5, 0.6) is 0 Å². The molecule has 9 heteroatoms. The minimum absolute atomic E-state index is 0.0162. The zero-order valence-corrected chi connectivity index (χ0v) is 27.9. The predicted octanol–water partition coefficient (Wildman–Crippen LogP) is 3.84. The summed E-state index contributed by atoms with van der Waals surface area (Å²) in [6.07, 6.45) is 7.78. The van der Waals surface area contributed by atoms with E-state index >= 15 is 0 Å². The predicted molar refractivity (Wildman–Crippen MR) is 169 cm³/mol. The van der Waals surface area contributed by atoms with E-state index in [4.69, 9.17) is 0 Å². The molecule has 2 aliphatic rings. The number of amides is 4. The molecule has 1 N–H and O–H groups in total. The number of rotatable bonds is 11. The van der Waals surface area contributed by atoms with Crippen molar-refractivity contribution < 1.29 is 19.2 Å². The van der Waals surface area contributed by atoms with Crippen LogP contribution in [-0.2, 0) is 19.2 Å². The number of hydrogen-bond acceptors (Lipinski definition) is 5. The highest BCUT2D eigenvalue weighted by atomic mass is 16.2. The van der Waals surface area contributed by atoms with E-state index in [0.29, 0.717) is 25.1 Å². The van der Waals surface area contributed by atoms with Crippen molar-refractivity contribution in [2.75, 3.05) is 33.7 Å². The summed E-state index contributed by atoms with van der Waals surface area (Å²) < 4.78 is 0. The van der Waals surface area contributed by atoms with E-state index < -0.39 is 17.5 Å². The van der Waals surface area contributed by atoms with Crippen molar-refractivity contribution in [3.05, 3.63) is 24.3 Å². The Kier molecular flexibility index (Phi) is 12.8. The number of carbonyl (C=O) groups excluding carboxylic acids is 4. The van der Waals surface area contributed by atoms with E-state index in [2.05, 4.69) is 30.6 Å². The van der Waals surface area contributed by atoms with Crippen molar-refractivity contribution in [2.24, 2.45) is 11.3 Å². The second-order valence-corrected chi connectivity index (χ2v) is 13.8. The molecule has 0 aromatic rings. The summed E-state index contributed by atoms with van der Waals surface area (Å²) in [5.41, 5.74) is -0.0137. The molecule has 0 aliphatic carbocycles. The molecule has 42 heavy (non-hydrogen) atoms. The maximum atomic E-state index is 14.1. The first kappa shape index (κ1) is 35.5. The third-order valence-electron chi connectivity index (χ3n) is 8.72. The number of likely N-dealkylation sites (tertiary alicyclic amines) is 2. The summed E-state index contributed by atoms with van der Waals surface area (Å²) in [7, 11) is 3.47. The molecular weight excluding hydrogens is 530 g/mol. The van der Waals surface area contributed by atoms with E-state index in [9.17, 15) is 19.2 Å². The molecule has 0 aromatic heterocycles. The van der Waals surface area contributed by atoms with Crippen LogP contribution in [0, 0.1) is 11.3 Å².